The van der Waals surface area contributed by atoms with Gasteiger partial charge >= 0.3 is 0 Å². The van der Waals surface area contributed by atoms with Crippen LogP contribution in [0.15, 0.2) is 24.4 Å². The molecule has 0 aliphatic rings. The van der Waals surface area contributed by atoms with Crippen molar-refractivity contribution in [2.75, 3.05) is 5.32 Å². The van der Waals surface area contributed by atoms with E-state index < -0.39 is 17.5 Å². The van der Waals surface area contributed by atoms with Gasteiger partial charge in [0.25, 0.3) is 5.91 Å². The minimum Gasteiger partial charge on any atom is -0.375 e. The number of hydrogen-bond donors (Lipinski definition) is 2. The summed E-state index contributed by atoms with van der Waals surface area (Å²) in [5.41, 5.74) is 5.51. The number of benzene rings is 1. The lowest BCUT2D eigenvalue weighted by atomic mass is 10.1. The molecule has 1 amide bonds. The van der Waals surface area contributed by atoms with Gasteiger partial charge in [0.05, 0.1) is 23.0 Å². The fourth-order valence-corrected chi connectivity index (χ4v) is 1.96. The third-order valence-electron chi connectivity index (χ3n) is 3.00. The van der Waals surface area contributed by atoms with Crippen LogP contribution in [0.2, 0.25) is 0 Å². The molecule has 0 saturated carbocycles. The zero-order valence-electron chi connectivity index (χ0n) is 11.0. The lowest BCUT2D eigenvalue weighted by Gasteiger charge is -2.16. The number of aryl methyl sites for hydroxylation is 1. The Labute approximate surface area is 114 Å². The third-order valence-corrected chi connectivity index (χ3v) is 3.00. The smallest absolute Gasteiger partial charge is 0.251 e. The van der Waals surface area contributed by atoms with Crippen molar-refractivity contribution in [3.8, 4) is 0 Å². The number of halogens is 2. The third kappa shape index (κ3) is 2.61. The lowest BCUT2D eigenvalue weighted by molar-refractivity contribution is 0.0996. The number of anilines is 1. The van der Waals surface area contributed by atoms with Crippen LogP contribution >= 0.6 is 0 Å². The Balaban J connectivity index is 2.32. The highest BCUT2D eigenvalue weighted by Crippen LogP contribution is 2.24. The summed E-state index contributed by atoms with van der Waals surface area (Å²) in [5, 5.41) is 6.88. The van der Waals surface area contributed by atoms with Crippen LogP contribution in [-0.2, 0) is 7.05 Å². The summed E-state index contributed by atoms with van der Waals surface area (Å²) in [6, 6.07) is 3.20. The monoisotopic (exact) mass is 280 g/mol. The van der Waals surface area contributed by atoms with Gasteiger partial charge in [-0.05, 0) is 19.1 Å². The summed E-state index contributed by atoms with van der Waals surface area (Å²) in [4.78, 5) is 11.1. The van der Waals surface area contributed by atoms with E-state index in [0.717, 1.165) is 11.8 Å². The van der Waals surface area contributed by atoms with Crippen LogP contribution in [0, 0.1) is 11.6 Å². The molecule has 5 nitrogen and oxygen atoms in total. The number of primary amides is 1. The predicted molar refractivity (Wildman–Crippen MR) is 70.1 cm³/mol. The Morgan fingerprint density at radius 1 is 1.40 bits per heavy atom. The Hall–Kier alpha value is -2.44. The maximum Gasteiger partial charge on any atom is 0.251 e. The number of nitrogens with zero attached hydrogens (tertiary/aromatic N) is 2. The highest BCUT2D eigenvalue weighted by molar-refractivity contribution is 5.94. The first-order valence-electron chi connectivity index (χ1n) is 5.93. The van der Waals surface area contributed by atoms with E-state index in [9.17, 15) is 13.6 Å². The first-order chi connectivity index (χ1) is 9.40. The fourth-order valence-electron chi connectivity index (χ4n) is 1.96. The Morgan fingerprint density at radius 3 is 2.65 bits per heavy atom. The molecule has 20 heavy (non-hydrogen) atoms. The maximum atomic E-state index is 13.7. The molecular formula is C13H14F2N4O. The standard InChI is InChI=1S/C13H14F2N4O/c1-7(12-3-4-17-19(12)2)18-11-5-8(13(16)20)9(14)6-10(11)15/h3-7,18H,1-2H3,(H2,16,20). The molecule has 2 rings (SSSR count). The molecule has 1 aromatic carbocycles. The fraction of sp³-hybridized carbons (Fsp3) is 0.231. The van der Waals surface area contributed by atoms with Crippen LogP contribution in [0.25, 0.3) is 0 Å². The van der Waals surface area contributed by atoms with Gasteiger partial charge in [0.15, 0.2) is 0 Å². The molecule has 1 unspecified atom stereocenters. The quantitative estimate of drug-likeness (QED) is 0.899. The number of nitrogens with two attached hydrogens (primary N) is 1. The molecule has 0 aliphatic carbocycles. The highest BCUT2D eigenvalue weighted by Gasteiger charge is 2.16. The molecule has 0 radical (unpaired) electrons. The molecule has 3 N–H and O–H groups in total. The van der Waals surface area contributed by atoms with E-state index >= 15 is 0 Å². The Bertz CT molecular complexity index is 654. The van der Waals surface area contributed by atoms with Crippen LogP contribution in [0.4, 0.5) is 14.5 Å². The van der Waals surface area contributed by atoms with Crippen LogP contribution in [0.5, 0.6) is 0 Å². The summed E-state index contributed by atoms with van der Waals surface area (Å²) in [6.07, 6.45) is 1.61. The summed E-state index contributed by atoms with van der Waals surface area (Å²) < 4.78 is 28.7. The molecule has 0 aliphatic heterocycles. The van der Waals surface area contributed by atoms with E-state index in [0.29, 0.717) is 6.07 Å². The number of hydrogen-bond acceptors (Lipinski definition) is 3. The maximum absolute atomic E-state index is 13.7. The first kappa shape index (κ1) is 14.0. The molecule has 1 atom stereocenters. The summed E-state index contributed by atoms with van der Waals surface area (Å²) in [5.74, 6) is -2.71. The van der Waals surface area contributed by atoms with E-state index in [1.54, 1.807) is 30.9 Å². The van der Waals surface area contributed by atoms with Gasteiger partial charge in [-0.1, -0.05) is 0 Å². The van der Waals surface area contributed by atoms with Crippen LogP contribution in [0.3, 0.4) is 0 Å². The number of carbonyl (C=O) groups excluding carboxylic acids is 1. The Kier molecular flexibility index (Phi) is 3.69. The highest BCUT2D eigenvalue weighted by atomic mass is 19.1. The van der Waals surface area contributed by atoms with Crippen molar-refractivity contribution in [2.45, 2.75) is 13.0 Å². The minimum atomic E-state index is -0.978. The molecule has 1 heterocycles. The topological polar surface area (TPSA) is 72.9 Å². The average Bonchev–Trinajstić information content (AvgIpc) is 2.78. The van der Waals surface area contributed by atoms with Gasteiger partial charge in [-0.3, -0.25) is 9.48 Å². The molecule has 0 bridgehead atoms. The molecule has 1 aromatic heterocycles. The zero-order chi connectivity index (χ0) is 14.9. The van der Waals surface area contributed by atoms with E-state index in [2.05, 4.69) is 10.4 Å². The second-order valence-electron chi connectivity index (χ2n) is 4.42. The molecule has 0 spiro atoms. The second kappa shape index (κ2) is 5.28. The van der Waals surface area contributed by atoms with E-state index in [-0.39, 0.29) is 17.3 Å². The van der Waals surface area contributed by atoms with Crippen molar-refractivity contribution in [3.05, 3.63) is 47.3 Å². The van der Waals surface area contributed by atoms with Crippen molar-refractivity contribution >= 4 is 11.6 Å². The molecule has 2 aromatic rings. The SMILES string of the molecule is CC(Nc1cc(C(N)=O)c(F)cc1F)c1ccnn1C. The van der Waals surface area contributed by atoms with E-state index in [1.165, 1.54) is 0 Å². The van der Waals surface area contributed by atoms with Gasteiger partial charge in [-0.2, -0.15) is 5.10 Å². The van der Waals surface area contributed by atoms with Crippen LogP contribution in [-0.4, -0.2) is 15.7 Å². The summed E-state index contributed by atoms with van der Waals surface area (Å²) in [7, 11) is 1.75. The molecule has 0 saturated heterocycles. The first-order valence-corrected chi connectivity index (χ1v) is 5.93. The van der Waals surface area contributed by atoms with Crippen molar-refractivity contribution < 1.29 is 13.6 Å². The number of amides is 1. The lowest BCUT2D eigenvalue weighted by Crippen LogP contribution is -2.16. The normalized spacial score (nSPS) is 12.2. The van der Waals surface area contributed by atoms with Gasteiger partial charge in [0.1, 0.15) is 11.6 Å². The van der Waals surface area contributed by atoms with Gasteiger partial charge < -0.3 is 11.1 Å². The molecular weight excluding hydrogens is 266 g/mol. The van der Waals surface area contributed by atoms with Gasteiger partial charge in [-0.15, -0.1) is 0 Å². The van der Waals surface area contributed by atoms with E-state index in [1.807, 2.05) is 0 Å². The van der Waals surface area contributed by atoms with Crippen LogP contribution < -0.4 is 11.1 Å². The Morgan fingerprint density at radius 2 is 2.10 bits per heavy atom. The largest absolute Gasteiger partial charge is 0.375 e. The van der Waals surface area contributed by atoms with E-state index in [4.69, 9.17) is 5.73 Å². The zero-order valence-corrected chi connectivity index (χ0v) is 11.0. The van der Waals surface area contributed by atoms with Crippen molar-refractivity contribution in [3.63, 3.8) is 0 Å². The van der Waals surface area contributed by atoms with Gasteiger partial charge in [0.2, 0.25) is 0 Å². The second-order valence-corrected chi connectivity index (χ2v) is 4.42. The summed E-state index contributed by atoms with van der Waals surface area (Å²) >= 11 is 0. The van der Waals surface area contributed by atoms with Crippen molar-refractivity contribution in [1.82, 2.24) is 9.78 Å². The molecule has 0 fully saturated rings. The molecule has 106 valence electrons. The van der Waals surface area contributed by atoms with Crippen LogP contribution in [0.1, 0.15) is 29.0 Å². The van der Waals surface area contributed by atoms with Gasteiger partial charge in [0, 0.05) is 19.3 Å². The average molecular weight is 280 g/mol. The number of carbonyl (C=O) groups is 1. The predicted octanol–water partition coefficient (Wildman–Crippen LogP) is 1.97. The van der Waals surface area contributed by atoms with Crippen molar-refractivity contribution in [2.24, 2.45) is 12.8 Å². The minimum absolute atomic E-state index is 0.00824. The number of rotatable bonds is 4. The molecule has 7 heteroatoms. The summed E-state index contributed by atoms with van der Waals surface area (Å²) in [6.45, 7) is 1.80. The van der Waals surface area contributed by atoms with Crippen molar-refractivity contribution in [1.29, 1.82) is 0 Å². The van der Waals surface area contributed by atoms with Gasteiger partial charge in [-0.25, -0.2) is 8.78 Å². The number of nitrogens with one attached hydrogen (secondary N) is 1. The number of aromatic nitrogens is 2.